The third-order valence-corrected chi connectivity index (χ3v) is 6.68. The van der Waals surface area contributed by atoms with Crippen molar-refractivity contribution in [1.82, 2.24) is 25.6 Å². The lowest BCUT2D eigenvalue weighted by Gasteiger charge is -2.35. The van der Waals surface area contributed by atoms with Crippen LogP contribution in [0.5, 0.6) is 5.75 Å². The number of H-pyrrole nitrogens is 1. The van der Waals surface area contributed by atoms with Crippen molar-refractivity contribution in [2.75, 3.05) is 0 Å². The molecule has 0 aliphatic heterocycles. The van der Waals surface area contributed by atoms with Crippen LogP contribution in [-0.4, -0.2) is 30.7 Å². The molecule has 0 bridgehead atoms. The molecule has 5 rings (SSSR count). The van der Waals surface area contributed by atoms with Crippen molar-refractivity contribution in [3.63, 3.8) is 0 Å². The zero-order valence-electron chi connectivity index (χ0n) is 22.8. The molecule has 230 valence electrons. The lowest BCUT2D eigenvalue weighted by Crippen LogP contribution is -2.46. The van der Waals surface area contributed by atoms with E-state index in [1.165, 1.54) is 18.2 Å². The Kier molecular flexibility index (Phi) is 8.56. The van der Waals surface area contributed by atoms with Crippen LogP contribution >= 0.6 is 0 Å². The number of nitrogens with zero attached hydrogens (tertiary/aromatic N) is 4. The topological polar surface area (TPSA) is 96.8 Å². The molecule has 2 N–H and O–H groups in total. The van der Waals surface area contributed by atoms with E-state index in [1.807, 2.05) is 0 Å². The largest absolute Gasteiger partial charge is 0.489 e. The molecule has 0 radical (unpaired) electrons. The molecule has 0 saturated carbocycles. The van der Waals surface area contributed by atoms with Crippen molar-refractivity contribution < 1.29 is 40.6 Å². The molecule has 1 atom stereocenters. The first kappa shape index (κ1) is 31.1. The van der Waals surface area contributed by atoms with E-state index < -0.39 is 52.6 Å². The van der Waals surface area contributed by atoms with Crippen LogP contribution in [0.1, 0.15) is 39.3 Å². The summed E-state index contributed by atoms with van der Waals surface area (Å²) in [5.74, 6) is -0.938. The number of tetrazole rings is 1. The lowest BCUT2D eigenvalue weighted by molar-refractivity contribution is -0.199. The summed E-state index contributed by atoms with van der Waals surface area (Å²) >= 11 is 0. The number of aromatic amines is 1. The van der Waals surface area contributed by atoms with E-state index in [-0.39, 0.29) is 18.0 Å². The second kappa shape index (κ2) is 12.4. The zero-order valence-corrected chi connectivity index (χ0v) is 22.8. The summed E-state index contributed by atoms with van der Waals surface area (Å²) in [7, 11) is 0. The van der Waals surface area contributed by atoms with Gasteiger partial charge >= 0.3 is 12.1 Å². The summed E-state index contributed by atoms with van der Waals surface area (Å²) in [6, 6.07) is 15.0. The molecule has 0 aliphatic carbocycles. The normalized spacial score (nSPS) is 13.1. The molecule has 14 heteroatoms. The molecule has 7 nitrogen and oxygen atoms in total. The second-order valence-electron chi connectivity index (χ2n) is 9.75. The SMILES string of the molecule is OC(Cc1nn[nH]n1)(c1ccc(F)cc1F)C(F)(F)c1ccc(C#Cc2ccc(OCc3ccc(C(F)(F)F)cc3)cc2)cn1. The molecule has 0 aliphatic rings. The number of ether oxygens (including phenoxy) is 1. The predicted octanol–water partition coefficient (Wildman–Crippen LogP) is 6.09. The monoisotopic (exact) mass is 627 g/mol. The van der Waals surface area contributed by atoms with Crippen LogP contribution in [-0.2, 0) is 30.7 Å². The van der Waals surface area contributed by atoms with Crippen molar-refractivity contribution in [3.05, 3.63) is 136 Å². The average molecular weight is 628 g/mol. The predicted molar refractivity (Wildman–Crippen MR) is 144 cm³/mol. The van der Waals surface area contributed by atoms with Crippen LogP contribution in [0.2, 0.25) is 0 Å². The summed E-state index contributed by atoms with van der Waals surface area (Å²) in [4.78, 5) is 3.76. The first-order valence-electron chi connectivity index (χ1n) is 13.0. The fourth-order valence-electron chi connectivity index (χ4n) is 4.29. The Bertz CT molecular complexity index is 1820. The highest BCUT2D eigenvalue weighted by atomic mass is 19.4. The quantitative estimate of drug-likeness (QED) is 0.160. The van der Waals surface area contributed by atoms with Gasteiger partial charge < -0.3 is 9.84 Å². The summed E-state index contributed by atoms with van der Waals surface area (Å²) in [6.07, 6.45) is -4.35. The van der Waals surface area contributed by atoms with Crippen molar-refractivity contribution in [1.29, 1.82) is 0 Å². The molecular weight excluding hydrogens is 607 g/mol. The minimum atomic E-state index is -4.42. The summed E-state index contributed by atoms with van der Waals surface area (Å²) in [6.45, 7) is 0.0455. The summed E-state index contributed by atoms with van der Waals surface area (Å²) in [5, 5.41) is 23.7. The molecule has 1 unspecified atom stereocenters. The van der Waals surface area contributed by atoms with Gasteiger partial charge in [-0.2, -0.15) is 27.2 Å². The Labute approximate surface area is 250 Å². The maximum absolute atomic E-state index is 15.9. The van der Waals surface area contributed by atoms with Gasteiger partial charge in [-0.25, -0.2) is 8.78 Å². The third-order valence-electron chi connectivity index (χ3n) is 6.68. The fraction of sp³-hybridized carbons (Fsp3) is 0.161. The van der Waals surface area contributed by atoms with Gasteiger partial charge in [-0.05, 0) is 60.2 Å². The van der Waals surface area contributed by atoms with E-state index in [1.54, 1.807) is 24.3 Å². The van der Waals surface area contributed by atoms with Crippen molar-refractivity contribution >= 4 is 0 Å². The Morgan fingerprint density at radius 3 is 2.11 bits per heavy atom. The molecule has 0 amide bonds. The summed E-state index contributed by atoms with van der Waals surface area (Å²) < 4.78 is 104. The average Bonchev–Trinajstić information content (AvgIpc) is 3.52. The van der Waals surface area contributed by atoms with E-state index >= 15 is 8.78 Å². The van der Waals surface area contributed by atoms with Gasteiger partial charge in [0.15, 0.2) is 11.4 Å². The van der Waals surface area contributed by atoms with E-state index in [0.717, 1.165) is 30.5 Å². The van der Waals surface area contributed by atoms with Crippen molar-refractivity contribution in [2.45, 2.75) is 30.7 Å². The number of aliphatic hydroxyl groups is 1. The van der Waals surface area contributed by atoms with Gasteiger partial charge in [-0.3, -0.25) is 4.98 Å². The maximum atomic E-state index is 15.9. The van der Waals surface area contributed by atoms with Crippen LogP contribution in [0, 0.1) is 23.5 Å². The minimum absolute atomic E-state index is 0.0455. The minimum Gasteiger partial charge on any atom is -0.489 e. The highest BCUT2D eigenvalue weighted by molar-refractivity contribution is 5.44. The Morgan fingerprint density at radius 2 is 1.51 bits per heavy atom. The third kappa shape index (κ3) is 6.94. The van der Waals surface area contributed by atoms with Gasteiger partial charge in [0.1, 0.15) is 29.7 Å². The van der Waals surface area contributed by atoms with Crippen LogP contribution < -0.4 is 4.74 Å². The molecule has 5 aromatic rings. The van der Waals surface area contributed by atoms with Gasteiger partial charge in [0, 0.05) is 29.0 Å². The van der Waals surface area contributed by atoms with Crippen molar-refractivity contribution in [3.8, 4) is 17.6 Å². The fourth-order valence-corrected chi connectivity index (χ4v) is 4.29. The number of rotatable bonds is 8. The zero-order chi connectivity index (χ0) is 32.2. The number of nitrogens with one attached hydrogen (secondary N) is 1. The van der Waals surface area contributed by atoms with Crippen LogP contribution in [0.25, 0.3) is 0 Å². The molecule has 0 fully saturated rings. The molecule has 2 heterocycles. The summed E-state index contributed by atoms with van der Waals surface area (Å²) in [5.41, 5.74) is -4.52. The van der Waals surface area contributed by atoms with Gasteiger partial charge in [0.25, 0.3) is 0 Å². The number of benzene rings is 3. The highest BCUT2D eigenvalue weighted by Gasteiger charge is 2.58. The van der Waals surface area contributed by atoms with Crippen LogP contribution in [0.4, 0.5) is 30.7 Å². The number of hydrogen-bond donors (Lipinski definition) is 2. The second-order valence-corrected chi connectivity index (χ2v) is 9.75. The van der Waals surface area contributed by atoms with Gasteiger partial charge in [-0.1, -0.05) is 35.3 Å². The smallest absolute Gasteiger partial charge is 0.416 e. The highest BCUT2D eigenvalue weighted by Crippen LogP contribution is 2.47. The van der Waals surface area contributed by atoms with Gasteiger partial charge in [0.2, 0.25) is 0 Å². The Morgan fingerprint density at radius 1 is 0.822 bits per heavy atom. The molecule has 0 spiro atoms. The van der Waals surface area contributed by atoms with Crippen LogP contribution in [0.15, 0.2) is 85.1 Å². The number of alkyl halides is 5. The number of aromatic nitrogens is 5. The molecule has 0 saturated heterocycles. The number of pyridine rings is 1. The Balaban J connectivity index is 1.29. The lowest BCUT2D eigenvalue weighted by atomic mass is 9.81. The number of halogens is 7. The van der Waals surface area contributed by atoms with Gasteiger partial charge in [-0.15, -0.1) is 10.2 Å². The first-order valence-corrected chi connectivity index (χ1v) is 13.0. The molecule has 3 aromatic carbocycles. The Hall–Kier alpha value is -5.29. The van der Waals surface area contributed by atoms with E-state index in [4.69, 9.17) is 4.74 Å². The molecular formula is C31H20F7N5O2. The number of hydrogen-bond acceptors (Lipinski definition) is 6. The van der Waals surface area contributed by atoms with Crippen molar-refractivity contribution in [2.24, 2.45) is 0 Å². The van der Waals surface area contributed by atoms with E-state index in [0.29, 0.717) is 29.0 Å². The molecule has 2 aromatic heterocycles. The van der Waals surface area contributed by atoms with E-state index in [2.05, 4.69) is 37.4 Å². The van der Waals surface area contributed by atoms with E-state index in [9.17, 15) is 27.1 Å². The first-order chi connectivity index (χ1) is 21.3. The van der Waals surface area contributed by atoms with Crippen LogP contribution in [0.3, 0.4) is 0 Å². The van der Waals surface area contributed by atoms with Gasteiger partial charge in [0.05, 0.1) is 12.0 Å². The molecule has 45 heavy (non-hydrogen) atoms. The maximum Gasteiger partial charge on any atom is 0.416 e. The standard InChI is InChI=1S/C31H20F7N5O2/c32-23-10-13-25(26(33)15-23)29(44,16-28-40-42-43-41-28)30(34,35)27-14-7-20(17-39-27)2-1-19-5-11-24(12-6-19)45-18-21-3-8-22(9-4-21)31(36,37)38/h3-15,17,44H,16,18H2,(H,40,41,42,43).